The van der Waals surface area contributed by atoms with Gasteiger partial charge in [-0.05, 0) is 51.0 Å². The maximum atomic E-state index is 3.55. The molecule has 0 aromatic carbocycles. The van der Waals surface area contributed by atoms with Gasteiger partial charge in [0.2, 0.25) is 0 Å². The number of likely N-dealkylation sites (N-methyl/N-ethyl adjacent to an activating group) is 1. The summed E-state index contributed by atoms with van der Waals surface area (Å²) in [6.45, 7) is 2.44. The molecule has 86 valence electrons. The van der Waals surface area contributed by atoms with Crippen LogP contribution in [0.4, 0.5) is 0 Å². The fourth-order valence-electron chi connectivity index (χ4n) is 2.95. The summed E-state index contributed by atoms with van der Waals surface area (Å²) in [4.78, 5) is 0. The summed E-state index contributed by atoms with van der Waals surface area (Å²) in [6, 6.07) is 0.663. The van der Waals surface area contributed by atoms with E-state index in [0.29, 0.717) is 11.5 Å². The van der Waals surface area contributed by atoms with Gasteiger partial charge in [0.25, 0.3) is 0 Å². The molecule has 2 rings (SSSR count). The van der Waals surface area contributed by atoms with E-state index in [1.54, 1.807) is 5.57 Å². The van der Waals surface area contributed by atoms with E-state index in [0.717, 1.165) is 0 Å². The Bertz CT molecular complexity index is 238. The van der Waals surface area contributed by atoms with Crippen molar-refractivity contribution in [3.8, 4) is 0 Å². The lowest BCUT2D eigenvalue weighted by molar-refractivity contribution is 0.408. The largest absolute Gasteiger partial charge is 0.313 e. The molecule has 0 aromatic heterocycles. The van der Waals surface area contributed by atoms with E-state index in [-0.39, 0.29) is 0 Å². The van der Waals surface area contributed by atoms with Gasteiger partial charge < -0.3 is 5.32 Å². The number of hydrogen-bond donors (Lipinski definition) is 1. The van der Waals surface area contributed by atoms with Crippen molar-refractivity contribution in [1.82, 2.24) is 5.32 Å². The molecule has 1 saturated carbocycles. The van der Waals surface area contributed by atoms with Gasteiger partial charge in [-0.1, -0.05) is 31.4 Å². The third kappa shape index (κ3) is 2.63. The van der Waals surface area contributed by atoms with Crippen LogP contribution < -0.4 is 5.32 Å². The van der Waals surface area contributed by atoms with Crippen LogP contribution in [-0.4, -0.2) is 13.1 Å². The molecule has 1 fully saturated rings. The Morgan fingerprint density at radius 2 is 1.93 bits per heavy atom. The van der Waals surface area contributed by atoms with Crippen molar-refractivity contribution in [2.75, 3.05) is 7.05 Å². The highest BCUT2D eigenvalue weighted by atomic mass is 14.9. The van der Waals surface area contributed by atoms with Gasteiger partial charge in [-0.25, -0.2) is 0 Å². The Labute approximate surface area is 94.3 Å². The molecule has 2 aliphatic rings. The normalized spacial score (nSPS) is 27.5. The lowest BCUT2D eigenvalue weighted by Gasteiger charge is -2.27. The van der Waals surface area contributed by atoms with Gasteiger partial charge in [0.05, 0.1) is 0 Å². The predicted molar refractivity (Wildman–Crippen MR) is 66.0 cm³/mol. The molecule has 0 amide bonds. The van der Waals surface area contributed by atoms with Crippen molar-refractivity contribution in [3.63, 3.8) is 0 Å². The van der Waals surface area contributed by atoms with Gasteiger partial charge in [-0.3, -0.25) is 0 Å². The van der Waals surface area contributed by atoms with E-state index in [2.05, 4.69) is 25.4 Å². The van der Waals surface area contributed by atoms with E-state index in [9.17, 15) is 0 Å². The molecule has 0 spiro atoms. The SMILES string of the molecule is CNC(C1=CCCCCCC1)C1(C)CC1. The minimum Gasteiger partial charge on any atom is -0.313 e. The second-order valence-electron chi connectivity index (χ2n) is 5.61. The van der Waals surface area contributed by atoms with E-state index in [1.807, 2.05) is 0 Å². The van der Waals surface area contributed by atoms with Crippen LogP contribution in [0, 0.1) is 5.41 Å². The first-order valence-electron chi connectivity index (χ1n) is 6.62. The Morgan fingerprint density at radius 1 is 1.20 bits per heavy atom. The van der Waals surface area contributed by atoms with Crippen LogP contribution in [0.25, 0.3) is 0 Å². The van der Waals surface area contributed by atoms with Gasteiger partial charge in [0.15, 0.2) is 0 Å². The molecule has 15 heavy (non-hydrogen) atoms. The van der Waals surface area contributed by atoms with E-state index < -0.39 is 0 Å². The van der Waals surface area contributed by atoms with Crippen LogP contribution in [0.2, 0.25) is 0 Å². The second-order valence-corrected chi connectivity index (χ2v) is 5.61. The van der Waals surface area contributed by atoms with Crippen LogP contribution in [0.3, 0.4) is 0 Å². The zero-order valence-electron chi connectivity index (χ0n) is 10.3. The molecular formula is C14H25N. The summed E-state index contributed by atoms with van der Waals surface area (Å²) in [5.41, 5.74) is 2.29. The van der Waals surface area contributed by atoms with Gasteiger partial charge >= 0.3 is 0 Å². The molecule has 1 unspecified atom stereocenters. The van der Waals surface area contributed by atoms with Crippen molar-refractivity contribution >= 4 is 0 Å². The first-order valence-corrected chi connectivity index (χ1v) is 6.62. The zero-order valence-corrected chi connectivity index (χ0v) is 10.3. The summed E-state index contributed by atoms with van der Waals surface area (Å²) in [6.07, 6.45) is 13.7. The molecule has 2 aliphatic carbocycles. The highest BCUT2D eigenvalue weighted by molar-refractivity contribution is 5.19. The van der Waals surface area contributed by atoms with Crippen LogP contribution in [0.1, 0.15) is 58.3 Å². The Balaban J connectivity index is 2.04. The Morgan fingerprint density at radius 3 is 2.60 bits per heavy atom. The van der Waals surface area contributed by atoms with Crippen molar-refractivity contribution in [2.45, 2.75) is 64.3 Å². The van der Waals surface area contributed by atoms with E-state index in [1.165, 1.54) is 51.4 Å². The highest BCUT2D eigenvalue weighted by Crippen LogP contribution is 2.50. The number of rotatable bonds is 3. The zero-order chi connectivity index (χ0) is 10.7. The fourth-order valence-corrected chi connectivity index (χ4v) is 2.95. The summed E-state index contributed by atoms with van der Waals surface area (Å²) < 4.78 is 0. The molecule has 0 aliphatic heterocycles. The monoisotopic (exact) mass is 207 g/mol. The maximum Gasteiger partial charge on any atom is 0.0330 e. The standard InChI is InChI=1S/C14H25N/c1-14(10-11-14)13(15-2)12-8-6-4-3-5-7-9-12/h8,13,15H,3-7,9-11H2,1-2H3. The van der Waals surface area contributed by atoms with E-state index in [4.69, 9.17) is 0 Å². The van der Waals surface area contributed by atoms with E-state index >= 15 is 0 Å². The third-order valence-corrected chi connectivity index (χ3v) is 4.22. The summed E-state index contributed by atoms with van der Waals surface area (Å²) >= 11 is 0. The third-order valence-electron chi connectivity index (χ3n) is 4.22. The van der Waals surface area contributed by atoms with Gasteiger partial charge in [0.1, 0.15) is 0 Å². The first kappa shape index (κ1) is 11.2. The summed E-state index contributed by atoms with van der Waals surface area (Å²) in [5, 5.41) is 3.55. The smallest absolute Gasteiger partial charge is 0.0330 e. The number of hydrogen-bond acceptors (Lipinski definition) is 1. The molecule has 0 heterocycles. The van der Waals surface area contributed by atoms with Gasteiger partial charge in [0, 0.05) is 6.04 Å². The van der Waals surface area contributed by atoms with Crippen molar-refractivity contribution in [1.29, 1.82) is 0 Å². The van der Waals surface area contributed by atoms with Crippen LogP contribution in [0.15, 0.2) is 11.6 Å². The Kier molecular flexibility index (Phi) is 3.50. The topological polar surface area (TPSA) is 12.0 Å². The highest BCUT2D eigenvalue weighted by Gasteiger charge is 2.45. The summed E-state index contributed by atoms with van der Waals surface area (Å²) in [7, 11) is 2.13. The lowest BCUT2D eigenvalue weighted by Crippen LogP contribution is -2.35. The maximum absolute atomic E-state index is 3.55. The van der Waals surface area contributed by atoms with Crippen molar-refractivity contribution in [3.05, 3.63) is 11.6 Å². The first-order chi connectivity index (χ1) is 7.26. The molecule has 0 aromatic rings. The van der Waals surface area contributed by atoms with Crippen molar-refractivity contribution in [2.24, 2.45) is 5.41 Å². The average Bonchev–Trinajstić information content (AvgIpc) is 2.89. The van der Waals surface area contributed by atoms with Crippen molar-refractivity contribution < 1.29 is 0 Å². The molecule has 0 bridgehead atoms. The summed E-state index contributed by atoms with van der Waals surface area (Å²) in [5.74, 6) is 0. The number of allylic oxidation sites excluding steroid dienone is 1. The predicted octanol–water partition coefficient (Wildman–Crippen LogP) is 3.66. The van der Waals surface area contributed by atoms with Gasteiger partial charge in [-0.2, -0.15) is 0 Å². The molecule has 0 saturated heterocycles. The quantitative estimate of drug-likeness (QED) is 0.696. The molecular weight excluding hydrogens is 182 g/mol. The Hall–Kier alpha value is -0.300. The fraction of sp³-hybridized carbons (Fsp3) is 0.857. The molecule has 1 heteroatoms. The number of nitrogens with one attached hydrogen (secondary N) is 1. The van der Waals surface area contributed by atoms with Crippen LogP contribution in [0.5, 0.6) is 0 Å². The molecule has 1 N–H and O–H groups in total. The minimum absolute atomic E-state index is 0.583. The molecule has 1 atom stereocenters. The lowest BCUT2D eigenvalue weighted by atomic mass is 9.86. The molecule has 0 radical (unpaired) electrons. The minimum atomic E-state index is 0.583. The van der Waals surface area contributed by atoms with Crippen LogP contribution in [-0.2, 0) is 0 Å². The van der Waals surface area contributed by atoms with Gasteiger partial charge in [-0.15, -0.1) is 0 Å². The second kappa shape index (κ2) is 4.69. The molecule has 1 nitrogen and oxygen atoms in total. The van der Waals surface area contributed by atoms with Crippen LogP contribution >= 0.6 is 0 Å². The average molecular weight is 207 g/mol.